The molecular weight excluding hydrogens is 326 g/mol. The molecule has 0 radical (unpaired) electrons. The highest BCUT2D eigenvalue weighted by molar-refractivity contribution is 6.03. The molecule has 26 heavy (non-hydrogen) atoms. The summed E-state index contributed by atoms with van der Waals surface area (Å²) in [7, 11) is 0. The molecule has 0 saturated carbocycles. The molecule has 2 aromatic heterocycles. The van der Waals surface area contributed by atoms with E-state index in [0.29, 0.717) is 11.1 Å². The van der Waals surface area contributed by atoms with E-state index < -0.39 is 0 Å². The molecule has 0 fully saturated rings. The molecule has 0 unspecified atom stereocenters. The second-order valence-electron chi connectivity index (χ2n) is 7.36. The predicted molar refractivity (Wildman–Crippen MR) is 105 cm³/mol. The first-order valence-corrected chi connectivity index (χ1v) is 8.87. The zero-order valence-electron chi connectivity index (χ0n) is 15.4. The number of pyridine rings is 1. The van der Waals surface area contributed by atoms with Crippen molar-refractivity contribution in [2.75, 3.05) is 5.32 Å². The summed E-state index contributed by atoms with van der Waals surface area (Å²) in [5.74, 6) is -0.263. The first-order valence-electron chi connectivity index (χ1n) is 8.87. The maximum absolute atomic E-state index is 12.5. The number of nitrogens with one attached hydrogen (secondary N) is 2. The Morgan fingerprint density at radius 3 is 2.88 bits per heavy atom. The van der Waals surface area contributed by atoms with Gasteiger partial charge >= 0.3 is 0 Å². The van der Waals surface area contributed by atoms with Gasteiger partial charge in [0.2, 0.25) is 0 Å². The van der Waals surface area contributed by atoms with E-state index in [-0.39, 0.29) is 20.3 Å². The number of nitriles is 1. The van der Waals surface area contributed by atoms with E-state index in [1.54, 1.807) is 0 Å². The summed E-state index contributed by atoms with van der Waals surface area (Å²) >= 11 is 0. The maximum Gasteiger partial charge on any atom is 0.291 e. The number of anilines is 1. The molecule has 2 N–H and O–H groups in total. The van der Waals surface area contributed by atoms with Crippen molar-refractivity contribution < 1.29 is 7.65 Å². The fraction of sp³-hybridized carbons (Fsp3) is 0.400. The lowest BCUT2D eigenvalue weighted by atomic mass is 9.77. The number of carbonyl (C=O) groups excluding carboxylic acids is 1. The van der Waals surface area contributed by atoms with Crippen LogP contribution in [0.25, 0.3) is 5.57 Å². The minimum absolute atomic E-state index is 0. The Labute approximate surface area is 156 Å². The van der Waals surface area contributed by atoms with Gasteiger partial charge in [0.25, 0.3) is 5.91 Å². The summed E-state index contributed by atoms with van der Waals surface area (Å²) in [6.45, 7) is 6.60. The van der Waals surface area contributed by atoms with Gasteiger partial charge in [0, 0.05) is 8.55 Å². The summed E-state index contributed by atoms with van der Waals surface area (Å²) in [6.07, 6.45) is 7.45. The number of aromatic nitrogens is 3. The fourth-order valence-corrected chi connectivity index (χ4v) is 3.01. The second kappa shape index (κ2) is 7.12. The number of nitrogens with zero attached hydrogens (tertiary/aromatic N) is 3. The third-order valence-corrected chi connectivity index (χ3v) is 4.75. The van der Waals surface area contributed by atoms with Gasteiger partial charge in [-0.05, 0) is 48.8 Å². The maximum atomic E-state index is 12.5. The Morgan fingerprint density at radius 2 is 2.27 bits per heavy atom. The molecule has 1 aliphatic rings. The van der Waals surface area contributed by atoms with Crippen LogP contribution in [0.2, 0.25) is 0 Å². The molecule has 2 heterocycles. The average Bonchev–Trinajstić information content (AvgIpc) is 3.11. The van der Waals surface area contributed by atoms with Crippen LogP contribution in [0.1, 0.15) is 70.6 Å². The summed E-state index contributed by atoms with van der Waals surface area (Å²) in [5, 5.41) is 11.8. The fourth-order valence-electron chi connectivity index (χ4n) is 3.01. The molecule has 6 heteroatoms. The highest BCUT2D eigenvalue weighted by Gasteiger charge is 2.24. The lowest BCUT2D eigenvalue weighted by Crippen LogP contribution is -2.18. The number of H-pyrrole nitrogens is 1. The van der Waals surface area contributed by atoms with Gasteiger partial charge < -0.3 is 10.3 Å². The van der Waals surface area contributed by atoms with Gasteiger partial charge in [-0.15, -0.1) is 0 Å². The van der Waals surface area contributed by atoms with Crippen molar-refractivity contribution in [2.24, 2.45) is 5.41 Å². The number of aryl methyl sites for hydroxylation is 1. The topological polar surface area (TPSA) is 94.5 Å². The molecule has 1 amide bonds. The largest absolute Gasteiger partial charge is 0.326 e. The summed E-state index contributed by atoms with van der Waals surface area (Å²) in [4.78, 5) is 23.9. The Kier molecular flexibility index (Phi) is 4.90. The minimum atomic E-state index is -0.379. The van der Waals surface area contributed by atoms with E-state index in [2.05, 4.69) is 42.1 Å². The van der Waals surface area contributed by atoms with Gasteiger partial charge in [0.1, 0.15) is 11.8 Å². The van der Waals surface area contributed by atoms with Crippen molar-refractivity contribution in [1.29, 1.82) is 5.26 Å². The molecule has 1 aliphatic carbocycles. The van der Waals surface area contributed by atoms with E-state index in [9.17, 15) is 4.79 Å². The van der Waals surface area contributed by atoms with Crippen LogP contribution in [0.15, 0.2) is 24.4 Å². The SMILES string of the molecule is CCc1ccc(NC(=O)c2ncc(C#N)[nH]2)c(C2=CCC(C)(C)CC2)n1.[HH].[HH]. The van der Waals surface area contributed by atoms with Crippen molar-refractivity contribution in [3.05, 3.63) is 47.3 Å². The molecule has 0 aromatic carbocycles. The number of allylic oxidation sites excluding steroid dienone is 2. The van der Waals surface area contributed by atoms with Crippen molar-refractivity contribution in [1.82, 2.24) is 15.0 Å². The lowest BCUT2D eigenvalue weighted by Gasteiger charge is -2.29. The van der Waals surface area contributed by atoms with Crippen LogP contribution in [0, 0.1) is 16.7 Å². The Hall–Kier alpha value is -2.94. The molecular formula is C20H27N5O. The highest BCUT2D eigenvalue weighted by atomic mass is 16.2. The number of hydrogen-bond donors (Lipinski definition) is 2. The molecule has 0 saturated heterocycles. The van der Waals surface area contributed by atoms with Crippen LogP contribution < -0.4 is 5.32 Å². The van der Waals surface area contributed by atoms with Crippen LogP contribution in [-0.2, 0) is 6.42 Å². The number of rotatable bonds is 4. The first kappa shape index (κ1) is 17.9. The molecule has 2 aromatic rings. The quantitative estimate of drug-likeness (QED) is 0.841. The Bertz CT molecular complexity index is 912. The van der Waals surface area contributed by atoms with E-state index in [4.69, 9.17) is 10.2 Å². The number of aromatic amines is 1. The van der Waals surface area contributed by atoms with Crippen molar-refractivity contribution in [2.45, 2.75) is 46.5 Å². The standard InChI is InChI=1S/C20H23N5O.2H2/c1-4-14-5-6-16(25-19(26)18-22-12-15(11-21)24-18)17(23-14)13-7-9-20(2,3)10-8-13;;/h5-7,12H,4,8-10H2,1-3H3,(H,22,24)(H,25,26);2*1H. The van der Waals surface area contributed by atoms with E-state index in [1.807, 2.05) is 18.2 Å². The molecule has 6 nitrogen and oxygen atoms in total. The zero-order chi connectivity index (χ0) is 18.7. The van der Waals surface area contributed by atoms with Gasteiger partial charge in [-0.1, -0.05) is 26.8 Å². The van der Waals surface area contributed by atoms with E-state index >= 15 is 0 Å². The number of carbonyl (C=O) groups is 1. The summed E-state index contributed by atoms with van der Waals surface area (Å²) in [6, 6.07) is 5.75. The van der Waals surface area contributed by atoms with E-state index in [1.165, 1.54) is 11.8 Å². The van der Waals surface area contributed by atoms with Crippen LogP contribution in [-0.4, -0.2) is 20.9 Å². The number of imidazole rings is 1. The van der Waals surface area contributed by atoms with Gasteiger partial charge in [0.05, 0.1) is 17.6 Å². The summed E-state index contributed by atoms with van der Waals surface area (Å²) < 4.78 is 0. The van der Waals surface area contributed by atoms with Crippen LogP contribution in [0.5, 0.6) is 0 Å². The van der Waals surface area contributed by atoms with Crippen molar-refractivity contribution >= 4 is 17.2 Å². The minimum Gasteiger partial charge on any atom is -0.326 e. The third kappa shape index (κ3) is 3.83. The van der Waals surface area contributed by atoms with Gasteiger partial charge in [-0.25, -0.2) is 4.98 Å². The number of amides is 1. The molecule has 0 bridgehead atoms. The molecule has 138 valence electrons. The Morgan fingerprint density at radius 1 is 1.46 bits per heavy atom. The van der Waals surface area contributed by atoms with E-state index in [0.717, 1.165) is 37.1 Å². The third-order valence-electron chi connectivity index (χ3n) is 4.75. The first-order chi connectivity index (χ1) is 12.4. The lowest BCUT2D eigenvalue weighted by molar-refractivity contribution is 0.101. The Balaban J connectivity index is 0.00000196. The van der Waals surface area contributed by atoms with Gasteiger partial charge in [0.15, 0.2) is 5.82 Å². The normalized spacial score (nSPS) is 15.8. The average molecular weight is 353 g/mol. The van der Waals surface area contributed by atoms with Crippen LogP contribution in [0.4, 0.5) is 5.69 Å². The van der Waals surface area contributed by atoms with Crippen LogP contribution >= 0.6 is 0 Å². The molecule has 0 atom stereocenters. The molecule has 0 spiro atoms. The molecule has 3 rings (SSSR count). The van der Waals surface area contributed by atoms with Crippen LogP contribution in [0.3, 0.4) is 0 Å². The van der Waals surface area contributed by atoms with Crippen molar-refractivity contribution in [3.63, 3.8) is 0 Å². The highest BCUT2D eigenvalue weighted by Crippen LogP contribution is 2.39. The monoisotopic (exact) mass is 353 g/mol. The zero-order valence-corrected chi connectivity index (χ0v) is 15.4. The summed E-state index contributed by atoms with van der Waals surface area (Å²) in [5.41, 5.74) is 4.23. The molecule has 0 aliphatic heterocycles. The second-order valence-corrected chi connectivity index (χ2v) is 7.36. The predicted octanol–water partition coefficient (Wildman–Crippen LogP) is 4.58. The smallest absolute Gasteiger partial charge is 0.291 e. The van der Waals surface area contributed by atoms with Gasteiger partial charge in [-0.3, -0.25) is 9.78 Å². The van der Waals surface area contributed by atoms with Crippen molar-refractivity contribution in [3.8, 4) is 6.07 Å². The van der Waals surface area contributed by atoms with Gasteiger partial charge in [-0.2, -0.15) is 5.26 Å². The number of hydrogen-bond acceptors (Lipinski definition) is 4.